The van der Waals surface area contributed by atoms with E-state index >= 15 is 0 Å². The second kappa shape index (κ2) is 11.4. The first kappa shape index (κ1) is 23.5. The number of nitrogens with zero attached hydrogens (tertiary/aromatic N) is 5. The fraction of sp³-hybridized carbons (Fsp3) is 0.429. The summed E-state index contributed by atoms with van der Waals surface area (Å²) >= 11 is 0. The molecule has 10 heteroatoms. The lowest BCUT2D eigenvalue weighted by Gasteiger charge is -2.23. The van der Waals surface area contributed by atoms with Crippen molar-refractivity contribution >= 4 is 23.3 Å². The predicted molar refractivity (Wildman–Crippen MR) is 115 cm³/mol. The van der Waals surface area contributed by atoms with Gasteiger partial charge in [0.15, 0.2) is 0 Å². The number of unbranched alkanes of at least 4 members (excludes halogenated alkanes) is 2. The van der Waals surface area contributed by atoms with Gasteiger partial charge in [-0.1, -0.05) is 31.9 Å². The van der Waals surface area contributed by atoms with E-state index in [0.717, 1.165) is 19.3 Å². The van der Waals surface area contributed by atoms with Crippen molar-refractivity contribution in [2.45, 2.75) is 46.1 Å². The Labute approximate surface area is 180 Å². The summed E-state index contributed by atoms with van der Waals surface area (Å²) in [5.74, 6) is -0.468. The van der Waals surface area contributed by atoms with Crippen LogP contribution in [0, 0.1) is 21.4 Å². The highest BCUT2D eigenvalue weighted by Gasteiger charge is 2.29. The van der Waals surface area contributed by atoms with Crippen molar-refractivity contribution in [3.8, 4) is 6.07 Å². The Bertz CT molecular complexity index is 973. The summed E-state index contributed by atoms with van der Waals surface area (Å²) in [6, 6.07) is 8.82. The van der Waals surface area contributed by atoms with Gasteiger partial charge in [-0.15, -0.1) is 0 Å². The fourth-order valence-electron chi connectivity index (χ4n) is 3.08. The number of benzene rings is 1. The molecular formula is C21H26N6O4. The molecular weight excluding hydrogens is 400 g/mol. The molecule has 1 heterocycles. The summed E-state index contributed by atoms with van der Waals surface area (Å²) in [7, 11) is 0. The molecule has 1 aromatic carbocycles. The van der Waals surface area contributed by atoms with Gasteiger partial charge in [0.25, 0.3) is 0 Å². The van der Waals surface area contributed by atoms with Crippen molar-refractivity contribution in [3.63, 3.8) is 0 Å². The van der Waals surface area contributed by atoms with Crippen LogP contribution in [0.3, 0.4) is 0 Å². The number of nitriles is 1. The van der Waals surface area contributed by atoms with Gasteiger partial charge in [-0.3, -0.25) is 14.9 Å². The van der Waals surface area contributed by atoms with Gasteiger partial charge in [-0.25, -0.2) is 9.97 Å². The SMILES string of the molecule is CCCCCc1nc(N)c([N+](=O)[O-])c(N(CC(=O)OCC)Cc2cccc(C#N)c2)n1. The number of nitrogen functional groups attached to an aromatic ring is 1. The summed E-state index contributed by atoms with van der Waals surface area (Å²) in [4.78, 5) is 33.3. The second-order valence-electron chi connectivity index (χ2n) is 6.88. The van der Waals surface area contributed by atoms with Gasteiger partial charge in [0.05, 0.1) is 23.2 Å². The van der Waals surface area contributed by atoms with Gasteiger partial charge >= 0.3 is 11.7 Å². The third-order valence-electron chi connectivity index (χ3n) is 4.48. The largest absolute Gasteiger partial charge is 0.465 e. The predicted octanol–water partition coefficient (Wildman–Crippen LogP) is 3.14. The van der Waals surface area contributed by atoms with Crippen LogP contribution in [0.25, 0.3) is 0 Å². The van der Waals surface area contributed by atoms with Crippen molar-refractivity contribution in [2.24, 2.45) is 0 Å². The molecule has 0 amide bonds. The van der Waals surface area contributed by atoms with Crippen molar-refractivity contribution in [2.75, 3.05) is 23.8 Å². The number of nitrogens with two attached hydrogens (primary N) is 1. The third-order valence-corrected chi connectivity index (χ3v) is 4.48. The molecule has 0 saturated heterocycles. The molecule has 0 bridgehead atoms. The molecule has 1 aromatic heterocycles. The van der Waals surface area contributed by atoms with Crippen LogP contribution < -0.4 is 10.6 Å². The fourth-order valence-corrected chi connectivity index (χ4v) is 3.08. The van der Waals surface area contributed by atoms with Gasteiger partial charge in [-0.05, 0) is 31.0 Å². The molecule has 0 radical (unpaired) electrons. The van der Waals surface area contributed by atoms with Gasteiger partial charge in [-0.2, -0.15) is 5.26 Å². The minimum absolute atomic E-state index is 0.0422. The molecule has 164 valence electrons. The highest BCUT2D eigenvalue weighted by atomic mass is 16.6. The molecule has 0 saturated carbocycles. The molecule has 0 fully saturated rings. The average molecular weight is 426 g/mol. The van der Waals surface area contributed by atoms with E-state index in [1.165, 1.54) is 4.90 Å². The zero-order valence-electron chi connectivity index (χ0n) is 17.7. The number of rotatable bonds is 11. The normalized spacial score (nSPS) is 10.4. The van der Waals surface area contributed by atoms with Crippen LogP contribution in [-0.4, -0.2) is 34.0 Å². The molecule has 2 N–H and O–H groups in total. The number of hydrogen-bond acceptors (Lipinski definition) is 9. The number of aromatic nitrogens is 2. The Morgan fingerprint density at radius 3 is 2.74 bits per heavy atom. The average Bonchev–Trinajstić information content (AvgIpc) is 2.73. The van der Waals surface area contributed by atoms with Gasteiger partial charge in [0.1, 0.15) is 12.4 Å². The van der Waals surface area contributed by atoms with E-state index in [0.29, 0.717) is 23.4 Å². The molecule has 0 spiro atoms. The van der Waals surface area contributed by atoms with Crippen LogP contribution in [0.1, 0.15) is 50.1 Å². The monoisotopic (exact) mass is 426 g/mol. The van der Waals surface area contributed by atoms with E-state index < -0.39 is 16.6 Å². The quantitative estimate of drug-likeness (QED) is 0.247. The van der Waals surface area contributed by atoms with Crippen LogP contribution in [0.5, 0.6) is 0 Å². The maximum atomic E-state index is 12.2. The first-order valence-corrected chi connectivity index (χ1v) is 10.1. The Kier molecular flexibility index (Phi) is 8.69. The van der Waals surface area contributed by atoms with Crippen molar-refractivity contribution < 1.29 is 14.5 Å². The summed E-state index contributed by atoms with van der Waals surface area (Å²) in [6.07, 6.45) is 3.29. The molecule has 10 nitrogen and oxygen atoms in total. The van der Waals surface area contributed by atoms with Crippen LogP contribution in [0.15, 0.2) is 24.3 Å². The topological polar surface area (TPSA) is 148 Å². The van der Waals surface area contributed by atoms with E-state index in [2.05, 4.69) is 23.0 Å². The van der Waals surface area contributed by atoms with Gasteiger partial charge < -0.3 is 15.4 Å². The molecule has 2 rings (SSSR count). The second-order valence-corrected chi connectivity index (χ2v) is 6.88. The van der Waals surface area contributed by atoms with Crippen LogP contribution >= 0.6 is 0 Å². The van der Waals surface area contributed by atoms with Gasteiger partial charge in [0.2, 0.25) is 11.6 Å². The van der Waals surface area contributed by atoms with Crippen molar-refractivity contribution in [1.82, 2.24) is 9.97 Å². The lowest BCUT2D eigenvalue weighted by atomic mass is 10.1. The van der Waals surface area contributed by atoms with Crippen LogP contribution in [-0.2, 0) is 22.5 Å². The zero-order chi connectivity index (χ0) is 22.8. The number of carbonyl (C=O) groups excluding carboxylic acids is 1. The Morgan fingerprint density at radius 1 is 1.32 bits per heavy atom. The number of anilines is 2. The minimum Gasteiger partial charge on any atom is -0.465 e. The Morgan fingerprint density at radius 2 is 2.10 bits per heavy atom. The number of hydrogen-bond donors (Lipinski definition) is 1. The molecule has 0 aliphatic heterocycles. The third kappa shape index (κ3) is 6.64. The smallest absolute Gasteiger partial charge is 0.353 e. The number of aryl methyl sites for hydroxylation is 1. The highest BCUT2D eigenvalue weighted by Crippen LogP contribution is 2.32. The molecule has 31 heavy (non-hydrogen) atoms. The summed E-state index contributed by atoms with van der Waals surface area (Å²) in [5, 5.41) is 20.9. The molecule has 0 atom stereocenters. The summed E-state index contributed by atoms with van der Waals surface area (Å²) < 4.78 is 5.04. The number of ether oxygens (including phenoxy) is 1. The lowest BCUT2D eigenvalue weighted by Crippen LogP contribution is -2.32. The van der Waals surface area contributed by atoms with Crippen LogP contribution in [0.4, 0.5) is 17.3 Å². The van der Waals surface area contributed by atoms with Crippen LogP contribution in [0.2, 0.25) is 0 Å². The first-order chi connectivity index (χ1) is 14.9. The maximum absolute atomic E-state index is 12.2. The number of carbonyl (C=O) groups is 1. The maximum Gasteiger partial charge on any atom is 0.353 e. The summed E-state index contributed by atoms with van der Waals surface area (Å²) in [6.45, 7) is 3.74. The van der Waals surface area contributed by atoms with E-state index in [1.807, 2.05) is 0 Å². The number of nitro groups is 1. The van der Waals surface area contributed by atoms with E-state index in [9.17, 15) is 14.9 Å². The summed E-state index contributed by atoms with van der Waals surface area (Å²) in [5.41, 5.74) is 6.58. The molecule has 0 aliphatic rings. The Hall–Kier alpha value is -3.74. The number of esters is 1. The van der Waals surface area contributed by atoms with E-state index in [-0.39, 0.29) is 31.3 Å². The minimum atomic E-state index is -0.648. The Balaban J connectivity index is 2.51. The first-order valence-electron chi connectivity index (χ1n) is 10.1. The highest BCUT2D eigenvalue weighted by molar-refractivity contribution is 5.78. The van der Waals surface area contributed by atoms with Crippen molar-refractivity contribution in [1.29, 1.82) is 5.26 Å². The molecule has 0 unspecified atom stereocenters. The molecule has 0 aliphatic carbocycles. The standard InChI is InChI=1S/C21H26N6O4/c1-3-5-6-10-17-24-20(23)19(27(29)30)21(25-17)26(14-18(28)31-4-2)13-16-9-7-8-15(11-16)12-22/h7-9,11H,3-6,10,13-14H2,1-2H3,(H2,23,24,25). The lowest BCUT2D eigenvalue weighted by molar-refractivity contribution is -0.383. The van der Waals surface area contributed by atoms with E-state index in [1.54, 1.807) is 31.2 Å². The molecule has 2 aromatic rings. The van der Waals surface area contributed by atoms with Crippen molar-refractivity contribution in [3.05, 3.63) is 51.3 Å². The van der Waals surface area contributed by atoms with E-state index in [4.69, 9.17) is 15.7 Å². The zero-order valence-corrected chi connectivity index (χ0v) is 17.7. The van der Waals surface area contributed by atoms with Gasteiger partial charge in [0, 0.05) is 13.0 Å².